The summed E-state index contributed by atoms with van der Waals surface area (Å²) in [6.45, 7) is 0. The van der Waals surface area contributed by atoms with Crippen molar-refractivity contribution < 1.29 is 14.6 Å². The molecule has 4 heteroatoms. The van der Waals surface area contributed by atoms with Crippen LogP contribution in [0.15, 0.2) is 24.3 Å². The van der Waals surface area contributed by atoms with E-state index in [0.717, 1.165) is 0 Å². The van der Waals surface area contributed by atoms with Gasteiger partial charge >= 0.3 is 6.09 Å². The Morgan fingerprint density at radius 2 is 2.08 bits per heavy atom. The van der Waals surface area contributed by atoms with Gasteiger partial charge in [-0.3, -0.25) is 5.32 Å². The van der Waals surface area contributed by atoms with Crippen LogP contribution in [0.2, 0.25) is 0 Å². The maximum atomic E-state index is 10.2. The second kappa shape index (κ2) is 3.61. The van der Waals surface area contributed by atoms with Crippen LogP contribution in [0.4, 0.5) is 10.5 Å². The van der Waals surface area contributed by atoms with Crippen molar-refractivity contribution in [2.45, 2.75) is 0 Å². The zero-order valence-electron chi connectivity index (χ0n) is 6.53. The monoisotopic (exact) mass is 166 g/mol. The standard InChI is InChI=1S/C8H8NO3/c1-12-7-5-3-2-4-6(7)9-8(10)11/h2-5,9H,1H3. The highest BCUT2D eigenvalue weighted by Gasteiger charge is 2.04. The lowest BCUT2D eigenvalue weighted by molar-refractivity contribution is 0.185. The lowest BCUT2D eigenvalue weighted by atomic mass is 10.3. The van der Waals surface area contributed by atoms with E-state index in [1.807, 2.05) is 0 Å². The molecule has 0 heterocycles. The number of rotatable bonds is 2. The molecule has 0 unspecified atom stereocenters. The average molecular weight is 166 g/mol. The molecule has 1 amide bonds. The molecule has 1 radical (unpaired) electrons. The molecule has 0 aliphatic carbocycles. The summed E-state index contributed by atoms with van der Waals surface area (Å²) < 4.78 is 4.89. The third-order valence-electron chi connectivity index (χ3n) is 1.34. The second-order valence-electron chi connectivity index (χ2n) is 2.11. The molecule has 0 spiro atoms. The van der Waals surface area contributed by atoms with Crippen molar-refractivity contribution >= 4 is 11.8 Å². The van der Waals surface area contributed by atoms with Gasteiger partial charge in [0.15, 0.2) is 0 Å². The van der Waals surface area contributed by atoms with E-state index in [9.17, 15) is 9.90 Å². The van der Waals surface area contributed by atoms with E-state index in [-0.39, 0.29) is 0 Å². The first-order chi connectivity index (χ1) is 5.74. The zero-order valence-corrected chi connectivity index (χ0v) is 6.53. The zero-order chi connectivity index (χ0) is 8.97. The molecule has 1 rings (SSSR count). The van der Waals surface area contributed by atoms with Crippen LogP contribution >= 0.6 is 0 Å². The Balaban J connectivity index is 2.89. The van der Waals surface area contributed by atoms with Crippen molar-refractivity contribution in [1.29, 1.82) is 0 Å². The van der Waals surface area contributed by atoms with Crippen LogP contribution in [0.25, 0.3) is 0 Å². The predicted octanol–water partition coefficient (Wildman–Crippen LogP) is 1.66. The molecule has 12 heavy (non-hydrogen) atoms. The Hall–Kier alpha value is -1.71. The van der Waals surface area contributed by atoms with Crippen molar-refractivity contribution in [1.82, 2.24) is 0 Å². The smallest absolute Gasteiger partial charge is 0.455 e. The number of hydrogen-bond acceptors (Lipinski definition) is 2. The Bertz CT molecular complexity index is 285. The third-order valence-corrected chi connectivity index (χ3v) is 1.34. The van der Waals surface area contributed by atoms with Crippen molar-refractivity contribution in [3.63, 3.8) is 0 Å². The van der Waals surface area contributed by atoms with Gasteiger partial charge in [-0.2, -0.15) is 0 Å². The fourth-order valence-electron chi connectivity index (χ4n) is 0.858. The van der Waals surface area contributed by atoms with Crippen molar-refractivity contribution in [3.8, 4) is 5.75 Å². The van der Waals surface area contributed by atoms with E-state index in [1.54, 1.807) is 24.3 Å². The molecular formula is C8H8NO3. The second-order valence-corrected chi connectivity index (χ2v) is 2.11. The van der Waals surface area contributed by atoms with Gasteiger partial charge in [0.25, 0.3) is 0 Å². The number of benzene rings is 1. The molecule has 0 saturated carbocycles. The number of nitrogens with one attached hydrogen (secondary N) is 1. The van der Waals surface area contributed by atoms with Crippen LogP contribution in [0, 0.1) is 0 Å². The van der Waals surface area contributed by atoms with Gasteiger partial charge in [0.2, 0.25) is 0 Å². The first-order valence-electron chi connectivity index (χ1n) is 3.35. The van der Waals surface area contributed by atoms with E-state index in [2.05, 4.69) is 5.32 Å². The molecule has 0 fully saturated rings. The highest BCUT2D eigenvalue weighted by molar-refractivity contribution is 5.84. The fraction of sp³-hybridized carbons (Fsp3) is 0.125. The number of carbonyl (C=O) groups excluding carboxylic acids is 1. The largest absolute Gasteiger partial charge is 0.495 e. The van der Waals surface area contributed by atoms with Gasteiger partial charge in [0, 0.05) is 0 Å². The molecular weight excluding hydrogens is 158 g/mol. The Morgan fingerprint density at radius 3 is 2.67 bits per heavy atom. The van der Waals surface area contributed by atoms with Crippen LogP contribution < -0.4 is 10.1 Å². The molecule has 1 aromatic rings. The van der Waals surface area contributed by atoms with Crippen molar-refractivity contribution in [2.75, 3.05) is 12.4 Å². The number of para-hydroxylation sites is 2. The summed E-state index contributed by atoms with van der Waals surface area (Å²) in [6.07, 6.45) is -1.35. The fourth-order valence-corrected chi connectivity index (χ4v) is 0.858. The quantitative estimate of drug-likeness (QED) is 0.726. The molecule has 0 aliphatic rings. The van der Waals surface area contributed by atoms with Crippen LogP contribution in [-0.4, -0.2) is 13.2 Å². The molecule has 0 saturated heterocycles. The molecule has 0 aliphatic heterocycles. The van der Waals surface area contributed by atoms with E-state index < -0.39 is 6.09 Å². The molecule has 0 aromatic heterocycles. The Morgan fingerprint density at radius 1 is 1.42 bits per heavy atom. The van der Waals surface area contributed by atoms with E-state index >= 15 is 0 Å². The molecule has 1 N–H and O–H groups in total. The lowest BCUT2D eigenvalue weighted by Crippen LogP contribution is -2.06. The highest BCUT2D eigenvalue weighted by atomic mass is 16.5. The molecule has 0 atom stereocenters. The summed E-state index contributed by atoms with van der Waals surface area (Å²) in [7, 11) is 1.47. The summed E-state index contributed by atoms with van der Waals surface area (Å²) in [6, 6.07) is 6.70. The number of anilines is 1. The first kappa shape index (κ1) is 8.39. The van der Waals surface area contributed by atoms with Gasteiger partial charge in [-0.25, -0.2) is 9.90 Å². The van der Waals surface area contributed by atoms with Crippen LogP contribution in [0.5, 0.6) is 5.75 Å². The molecule has 0 bridgehead atoms. The number of amides is 1. The van der Waals surface area contributed by atoms with E-state index in [4.69, 9.17) is 4.74 Å². The molecule has 4 nitrogen and oxygen atoms in total. The maximum absolute atomic E-state index is 10.2. The summed E-state index contributed by atoms with van der Waals surface area (Å²) in [5, 5.41) is 12.3. The van der Waals surface area contributed by atoms with Gasteiger partial charge in [-0.1, -0.05) is 12.1 Å². The van der Waals surface area contributed by atoms with E-state index in [0.29, 0.717) is 11.4 Å². The first-order valence-corrected chi connectivity index (χ1v) is 3.35. The number of hydrogen-bond donors (Lipinski definition) is 1. The highest BCUT2D eigenvalue weighted by Crippen LogP contribution is 2.22. The van der Waals surface area contributed by atoms with Crippen LogP contribution in [0.3, 0.4) is 0 Å². The van der Waals surface area contributed by atoms with Gasteiger partial charge in [0.1, 0.15) is 5.75 Å². The summed E-state index contributed by atoms with van der Waals surface area (Å²) >= 11 is 0. The lowest BCUT2D eigenvalue weighted by Gasteiger charge is -2.05. The summed E-state index contributed by atoms with van der Waals surface area (Å²) in [5.41, 5.74) is 0.389. The summed E-state index contributed by atoms with van der Waals surface area (Å²) in [4.78, 5) is 10.2. The normalized spacial score (nSPS) is 9.08. The van der Waals surface area contributed by atoms with Crippen LogP contribution in [0.1, 0.15) is 0 Å². The number of carbonyl (C=O) groups is 1. The van der Waals surface area contributed by atoms with Crippen molar-refractivity contribution in [2.24, 2.45) is 0 Å². The Labute approximate surface area is 69.8 Å². The minimum absolute atomic E-state index is 0.389. The maximum Gasteiger partial charge on any atom is 0.455 e. The Kier molecular flexibility index (Phi) is 2.53. The van der Waals surface area contributed by atoms with Crippen LogP contribution in [-0.2, 0) is 5.11 Å². The van der Waals surface area contributed by atoms with Gasteiger partial charge in [-0.15, -0.1) is 0 Å². The van der Waals surface area contributed by atoms with Gasteiger partial charge in [0.05, 0.1) is 12.8 Å². The van der Waals surface area contributed by atoms with E-state index in [1.165, 1.54) is 7.11 Å². The predicted molar refractivity (Wildman–Crippen MR) is 42.7 cm³/mol. The topological polar surface area (TPSA) is 58.2 Å². The van der Waals surface area contributed by atoms with Gasteiger partial charge < -0.3 is 4.74 Å². The third kappa shape index (κ3) is 1.88. The SMILES string of the molecule is COc1ccccc1NC([O])=O. The minimum atomic E-state index is -1.35. The average Bonchev–Trinajstić information content (AvgIpc) is 2.04. The van der Waals surface area contributed by atoms with Gasteiger partial charge in [-0.05, 0) is 12.1 Å². The molecule has 1 aromatic carbocycles. The molecule has 63 valence electrons. The number of ether oxygens (including phenoxy) is 1. The van der Waals surface area contributed by atoms with Crippen molar-refractivity contribution in [3.05, 3.63) is 24.3 Å². The number of methoxy groups -OCH3 is 1. The summed E-state index contributed by atoms with van der Waals surface area (Å²) in [5.74, 6) is 0.474. The minimum Gasteiger partial charge on any atom is -0.495 e.